The number of tetrazole rings is 1. The average Bonchev–Trinajstić information content (AvgIpc) is 2.98. The maximum atomic E-state index is 13.3. The number of nitrogen functional groups attached to an aromatic ring is 1. The lowest BCUT2D eigenvalue weighted by molar-refractivity contribution is 0.620. The van der Waals surface area contributed by atoms with Crippen molar-refractivity contribution in [2.24, 2.45) is 7.05 Å². The van der Waals surface area contributed by atoms with E-state index >= 15 is 0 Å². The van der Waals surface area contributed by atoms with Gasteiger partial charge in [-0.15, -0.1) is 0 Å². The second-order valence-electron chi connectivity index (χ2n) is 6.38. The molecule has 2 aromatic heterocycles. The predicted octanol–water partition coefficient (Wildman–Crippen LogP) is 2.04. The van der Waals surface area contributed by atoms with Crippen LogP contribution in [0.15, 0.2) is 23.1 Å². The summed E-state index contributed by atoms with van der Waals surface area (Å²) in [6, 6.07) is 3.77. The van der Waals surface area contributed by atoms with Crippen LogP contribution in [-0.2, 0) is 7.05 Å². The van der Waals surface area contributed by atoms with Crippen LogP contribution in [0.4, 0.5) is 21.8 Å². The number of anilines is 3. The molecule has 0 aliphatic carbocycles. The summed E-state index contributed by atoms with van der Waals surface area (Å²) in [6.45, 7) is 6.07. The van der Waals surface area contributed by atoms with Gasteiger partial charge in [0.1, 0.15) is 0 Å². The lowest BCUT2D eigenvalue weighted by atomic mass is 9.94. The number of aromatic nitrogens is 6. The molecular weight excluding hydrogens is 351 g/mol. The number of benzene rings is 1. The van der Waals surface area contributed by atoms with Crippen LogP contribution in [0.5, 0.6) is 0 Å². The lowest BCUT2D eigenvalue weighted by Gasteiger charge is -2.18. The van der Waals surface area contributed by atoms with Crippen LogP contribution in [0, 0.1) is 12.7 Å². The van der Waals surface area contributed by atoms with Crippen molar-refractivity contribution in [1.29, 1.82) is 0 Å². The van der Waals surface area contributed by atoms with Gasteiger partial charge in [0, 0.05) is 12.7 Å². The summed E-state index contributed by atoms with van der Waals surface area (Å²) in [6.07, 6.45) is 1.90. The Morgan fingerprint density at radius 1 is 1.33 bits per heavy atom. The third kappa shape index (κ3) is 3.50. The molecule has 1 aromatic carbocycles. The molecule has 1 unspecified atom stereocenters. The second kappa shape index (κ2) is 7.14. The molecule has 10 heteroatoms. The Balaban J connectivity index is 2.13. The molecule has 0 spiro atoms. The van der Waals surface area contributed by atoms with Gasteiger partial charge in [0.15, 0.2) is 11.6 Å². The standard InChI is InChI=1S/C17H21FN8O/c1-5-9(2)11-6-10(3)13(21-16-20-8-12(18)15(19)22-16)7-14(11)26-17(27)25(4)23-24-26/h6-9H,5H2,1-4H3,(H3,19,20,21,22). The summed E-state index contributed by atoms with van der Waals surface area (Å²) in [4.78, 5) is 20.1. The zero-order chi connectivity index (χ0) is 19.7. The number of nitrogens with two attached hydrogens (primary N) is 1. The molecule has 0 fully saturated rings. The largest absolute Gasteiger partial charge is 0.381 e. The summed E-state index contributed by atoms with van der Waals surface area (Å²) in [5, 5.41) is 10.8. The molecule has 142 valence electrons. The first-order chi connectivity index (χ1) is 12.8. The Hall–Kier alpha value is -3.30. The molecule has 3 rings (SSSR count). The highest BCUT2D eigenvalue weighted by atomic mass is 19.1. The number of nitrogens with one attached hydrogen (secondary N) is 1. The number of halogens is 1. The van der Waals surface area contributed by atoms with E-state index in [4.69, 9.17) is 5.73 Å². The van der Waals surface area contributed by atoms with Crippen molar-refractivity contribution in [2.75, 3.05) is 11.1 Å². The molecule has 3 N–H and O–H groups in total. The topological polar surface area (TPSA) is 117 Å². The van der Waals surface area contributed by atoms with Crippen LogP contribution in [0.2, 0.25) is 0 Å². The number of hydrogen-bond donors (Lipinski definition) is 2. The number of hydrogen-bond acceptors (Lipinski definition) is 7. The van der Waals surface area contributed by atoms with Gasteiger partial charge in [0.2, 0.25) is 5.95 Å². The Morgan fingerprint density at radius 2 is 2.07 bits per heavy atom. The molecule has 27 heavy (non-hydrogen) atoms. The first-order valence-corrected chi connectivity index (χ1v) is 8.50. The van der Waals surface area contributed by atoms with E-state index in [2.05, 4.69) is 39.6 Å². The van der Waals surface area contributed by atoms with Crippen molar-refractivity contribution < 1.29 is 4.39 Å². The number of aryl methyl sites for hydroxylation is 2. The fourth-order valence-electron chi connectivity index (χ4n) is 2.68. The quantitative estimate of drug-likeness (QED) is 0.704. The van der Waals surface area contributed by atoms with Crippen LogP contribution >= 0.6 is 0 Å². The Labute approximate surface area is 155 Å². The van der Waals surface area contributed by atoms with Gasteiger partial charge in [-0.1, -0.05) is 19.9 Å². The van der Waals surface area contributed by atoms with Gasteiger partial charge >= 0.3 is 5.69 Å². The molecule has 2 heterocycles. The fraction of sp³-hybridized carbons (Fsp3) is 0.353. The summed E-state index contributed by atoms with van der Waals surface area (Å²) in [5.74, 6) is -0.562. The molecule has 3 aromatic rings. The first kappa shape index (κ1) is 18.5. The smallest absolute Gasteiger partial charge is 0.368 e. The molecule has 1 atom stereocenters. The summed E-state index contributed by atoms with van der Waals surface area (Å²) < 4.78 is 15.7. The molecular formula is C17H21FN8O. The monoisotopic (exact) mass is 372 g/mol. The summed E-state index contributed by atoms with van der Waals surface area (Å²) in [5.41, 5.74) is 8.31. The van der Waals surface area contributed by atoms with Gasteiger partial charge in [-0.05, 0) is 46.9 Å². The zero-order valence-corrected chi connectivity index (χ0v) is 15.6. The molecule has 0 aliphatic rings. The highest BCUT2D eigenvalue weighted by Gasteiger charge is 2.18. The third-order valence-electron chi connectivity index (χ3n) is 4.48. The predicted molar refractivity (Wildman–Crippen MR) is 99.7 cm³/mol. The SMILES string of the molecule is CCC(C)c1cc(C)c(Nc2ncc(F)c(N)n2)cc1-n1nnn(C)c1=O. The van der Waals surface area contributed by atoms with Crippen molar-refractivity contribution >= 4 is 17.5 Å². The van der Waals surface area contributed by atoms with E-state index in [9.17, 15) is 9.18 Å². The minimum absolute atomic E-state index is 0.158. The Bertz CT molecular complexity index is 1040. The van der Waals surface area contributed by atoms with Gasteiger partial charge in [-0.2, -0.15) is 14.3 Å². The van der Waals surface area contributed by atoms with Crippen LogP contribution in [-0.4, -0.2) is 29.8 Å². The van der Waals surface area contributed by atoms with Crippen LogP contribution < -0.4 is 16.7 Å². The van der Waals surface area contributed by atoms with Crippen molar-refractivity contribution in [3.8, 4) is 5.69 Å². The van der Waals surface area contributed by atoms with E-state index in [-0.39, 0.29) is 23.4 Å². The van der Waals surface area contributed by atoms with Crippen LogP contribution in [0.3, 0.4) is 0 Å². The Morgan fingerprint density at radius 3 is 2.67 bits per heavy atom. The van der Waals surface area contributed by atoms with E-state index in [0.717, 1.165) is 28.4 Å². The number of rotatable bonds is 5. The van der Waals surface area contributed by atoms with Crippen molar-refractivity contribution in [1.82, 2.24) is 29.8 Å². The highest BCUT2D eigenvalue weighted by molar-refractivity contribution is 5.65. The van der Waals surface area contributed by atoms with E-state index in [1.54, 1.807) is 6.07 Å². The Kier molecular flexibility index (Phi) is 4.89. The summed E-state index contributed by atoms with van der Waals surface area (Å²) in [7, 11) is 1.54. The molecule has 0 amide bonds. The highest BCUT2D eigenvalue weighted by Crippen LogP contribution is 2.31. The van der Waals surface area contributed by atoms with E-state index < -0.39 is 5.82 Å². The maximum Gasteiger partial charge on any atom is 0.368 e. The minimum Gasteiger partial charge on any atom is -0.381 e. The van der Waals surface area contributed by atoms with Crippen molar-refractivity contribution in [3.63, 3.8) is 0 Å². The lowest BCUT2D eigenvalue weighted by Crippen LogP contribution is -2.23. The van der Waals surface area contributed by atoms with Crippen LogP contribution in [0.25, 0.3) is 5.69 Å². The van der Waals surface area contributed by atoms with E-state index in [1.807, 2.05) is 13.0 Å². The fourth-order valence-corrected chi connectivity index (χ4v) is 2.68. The van der Waals surface area contributed by atoms with Gasteiger partial charge in [-0.25, -0.2) is 14.2 Å². The summed E-state index contributed by atoms with van der Waals surface area (Å²) >= 11 is 0. The van der Waals surface area contributed by atoms with Crippen LogP contribution in [0.1, 0.15) is 37.3 Å². The normalized spacial score (nSPS) is 12.2. The molecule has 0 bridgehead atoms. The molecule has 0 radical (unpaired) electrons. The molecule has 0 aliphatic heterocycles. The molecule has 0 saturated carbocycles. The molecule has 9 nitrogen and oxygen atoms in total. The van der Waals surface area contributed by atoms with Gasteiger partial charge in [0.25, 0.3) is 0 Å². The minimum atomic E-state index is -0.684. The van der Waals surface area contributed by atoms with Crippen molar-refractivity contribution in [2.45, 2.75) is 33.1 Å². The molecule has 0 saturated heterocycles. The number of nitrogens with zero attached hydrogens (tertiary/aromatic N) is 6. The zero-order valence-electron chi connectivity index (χ0n) is 15.6. The van der Waals surface area contributed by atoms with E-state index in [1.165, 1.54) is 11.7 Å². The second-order valence-corrected chi connectivity index (χ2v) is 6.38. The van der Waals surface area contributed by atoms with Gasteiger partial charge in [0.05, 0.1) is 11.9 Å². The maximum absolute atomic E-state index is 13.3. The first-order valence-electron chi connectivity index (χ1n) is 8.50. The third-order valence-corrected chi connectivity index (χ3v) is 4.48. The average molecular weight is 372 g/mol. The van der Waals surface area contributed by atoms with E-state index in [0.29, 0.717) is 11.4 Å². The van der Waals surface area contributed by atoms with Gasteiger partial charge < -0.3 is 11.1 Å². The van der Waals surface area contributed by atoms with Gasteiger partial charge in [-0.3, -0.25) is 0 Å². The van der Waals surface area contributed by atoms with Crippen molar-refractivity contribution in [3.05, 3.63) is 45.8 Å².